The summed E-state index contributed by atoms with van der Waals surface area (Å²) >= 11 is 4.54. The van der Waals surface area contributed by atoms with Gasteiger partial charge >= 0.3 is 0 Å². The van der Waals surface area contributed by atoms with Crippen LogP contribution in [0.15, 0.2) is 0 Å². The molecule has 1 amide bonds. The van der Waals surface area contributed by atoms with Crippen molar-refractivity contribution in [2.75, 3.05) is 0 Å². The van der Waals surface area contributed by atoms with Gasteiger partial charge in [0, 0.05) is 0 Å². The molecule has 49 valence electrons. The Morgan fingerprint density at radius 3 is 2.89 bits per heavy atom. The third kappa shape index (κ3) is 1.62. The standard InChI is InChI=1S/C4H5N2O2S/c7-2-1-3(8)6-4(9)5-2/h1-2,7H,(H2,5,6,8,9). The molecule has 5 heteroatoms. The number of carbonyl (C=O) groups excluding carboxylic acids is 1. The Kier molecular flexibility index (Phi) is 1.63. The van der Waals surface area contributed by atoms with Crippen molar-refractivity contribution in [2.45, 2.75) is 6.23 Å². The Balaban J connectivity index is 2.53. The summed E-state index contributed by atoms with van der Waals surface area (Å²) in [5, 5.41) is 13.6. The van der Waals surface area contributed by atoms with Gasteiger partial charge in [0.05, 0.1) is 6.42 Å². The van der Waals surface area contributed by atoms with E-state index in [2.05, 4.69) is 22.9 Å². The molecule has 1 heterocycles. The number of nitrogens with one attached hydrogen (secondary N) is 2. The number of amides is 1. The van der Waals surface area contributed by atoms with Crippen LogP contribution in [0.2, 0.25) is 0 Å². The van der Waals surface area contributed by atoms with Crippen LogP contribution in [0.4, 0.5) is 0 Å². The zero-order chi connectivity index (χ0) is 6.85. The molecule has 1 rings (SSSR count). The van der Waals surface area contributed by atoms with Crippen molar-refractivity contribution < 1.29 is 9.90 Å². The van der Waals surface area contributed by atoms with Crippen molar-refractivity contribution in [3.63, 3.8) is 0 Å². The molecular weight excluding hydrogens is 140 g/mol. The van der Waals surface area contributed by atoms with Crippen molar-refractivity contribution >= 4 is 23.2 Å². The maximum absolute atomic E-state index is 10.4. The van der Waals surface area contributed by atoms with Crippen LogP contribution in [0.1, 0.15) is 0 Å². The normalized spacial score (nSPS) is 27.0. The molecule has 0 aromatic rings. The van der Waals surface area contributed by atoms with Crippen LogP contribution in [-0.2, 0) is 4.79 Å². The third-order valence-corrected chi connectivity index (χ3v) is 1.04. The quantitative estimate of drug-likeness (QED) is 0.363. The van der Waals surface area contributed by atoms with Gasteiger partial charge in [0.1, 0.15) is 6.23 Å². The first-order chi connectivity index (χ1) is 4.18. The van der Waals surface area contributed by atoms with Gasteiger partial charge in [0.25, 0.3) is 0 Å². The molecule has 0 aliphatic carbocycles. The molecule has 1 aliphatic heterocycles. The maximum atomic E-state index is 10.4. The second-order valence-electron chi connectivity index (χ2n) is 1.57. The molecule has 3 N–H and O–H groups in total. The molecule has 1 fully saturated rings. The molecular formula is C4H5N2O2S. The summed E-state index contributed by atoms with van der Waals surface area (Å²) in [6.07, 6.45) is 0.154. The van der Waals surface area contributed by atoms with Gasteiger partial charge in [0.2, 0.25) is 5.91 Å². The highest BCUT2D eigenvalue weighted by atomic mass is 32.1. The van der Waals surface area contributed by atoms with Crippen molar-refractivity contribution in [2.24, 2.45) is 0 Å². The van der Waals surface area contributed by atoms with Crippen LogP contribution < -0.4 is 10.6 Å². The summed E-state index contributed by atoms with van der Waals surface area (Å²) in [5.41, 5.74) is 0. The van der Waals surface area contributed by atoms with Crippen molar-refractivity contribution in [1.82, 2.24) is 10.6 Å². The van der Waals surface area contributed by atoms with Crippen LogP contribution in [0.3, 0.4) is 0 Å². The van der Waals surface area contributed by atoms with E-state index in [1.54, 1.807) is 0 Å². The fourth-order valence-corrected chi connectivity index (χ4v) is 0.730. The van der Waals surface area contributed by atoms with Gasteiger partial charge in [-0.05, 0) is 12.2 Å². The Labute approximate surface area is 57.2 Å². The number of thiocarbonyl (C=S) groups is 1. The third-order valence-electron chi connectivity index (χ3n) is 0.825. The zero-order valence-corrected chi connectivity index (χ0v) is 5.23. The van der Waals surface area contributed by atoms with Gasteiger partial charge in [-0.3, -0.25) is 4.79 Å². The first-order valence-electron chi connectivity index (χ1n) is 2.33. The first-order valence-corrected chi connectivity index (χ1v) is 2.74. The second-order valence-corrected chi connectivity index (χ2v) is 1.98. The number of aliphatic hydroxyl groups is 1. The van der Waals surface area contributed by atoms with E-state index < -0.39 is 6.23 Å². The first kappa shape index (κ1) is 6.44. The molecule has 1 unspecified atom stereocenters. The lowest BCUT2D eigenvalue weighted by molar-refractivity contribution is -0.118. The summed E-state index contributed by atoms with van der Waals surface area (Å²) in [6.45, 7) is 0. The predicted molar refractivity (Wildman–Crippen MR) is 34.2 cm³/mol. The molecule has 0 saturated carbocycles. The van der Waals surface area contributed by atoms with Crippen LogP contribution >= 0.6 is 12.2 Å². The summed E-state index contributed by atoms with van der Waals surface area (Å²) < 4.78 is 0. The summed E-state index contributed by atoms with van der Waals surface area (Å²) in [4.78, 5) is 10.4. The maximum Gasteiger partial charge on any atom is 0.234 e. The Hall–Kier alpha value is -0.680. The van der Waals surface area contributed by atoms with E-state index in [0.29, 0.717) is 0 Å². The fraction of sp³-hybridized carbons (Fsp3) is 0.250. The van der Waals surface area contributed by atoms with Crippen molar-refractivity contribution in [3.05, 3.63) is 6.42 Å². The molecule has 4 nitrogen and oxygen atoms in total. The van der Waals surface area contributed by atoms with Crippen LogP contribution in [-0.4, -0.2) is 22.4 Å². The van der Waals surface area contributed by atoms with Gasteiger partial charge in [-0.1, -0.05) is 0 Å². The largest absolute Gasteiger partial charge is 0.373 e. The second kappa shape index (κ2) is 2.28. The van der Waals surface area contributed by atoms with E-state index in [1.165, 1.54) is 0 Å². The molecule has 1 atom stereocenters. The molecule has 0 aromatic heterocycles. The van der Waals surface area contributed by atoms with Crippen LogP contribution in [0.25, 0.3) is 0 Å². The highest BCUT2D eigenvalue weighted by Gasteiger charge is 2.18. The van der Waals surface area contributed by atoms with Crippen molar-refractivity contribution in [3.8, 4) is 0 Å². The van der Waals surface area contributed by atoms with E-state index in [0.717, 1.165) is 6.42 Å². The van der Waals surface area contributed by atoms with Gasteiger partial charge in [0.15, 0.2) is 5.11 Å². The fourth-order valence-electron chi connectivity index (χ4n) is 0.509. The number of hydrogen-bond donors (Lipinski definition) is 3. The van der Waals surface area contributed by atoms with Crippen molar-refractivity contribution in [1.29, 1.82) is 0 Å². The number of aliphatic hydroxyl groups excluding tert-OH is 1. The SMILES string of the molecule is O=C1[CH]C(O)NC(=S)N1. The molecule has 1 saturated heterocycles. The smallest absolute Gasteiger partial charge is 0.234 e. The molecule has 1 aliphatic rings. The minimum atomic E-state index is -0.939. The van der Waals surface area contributed by atoms with Crippen LogP contribution in [0.5, 0.6) is 0 Å². The Morgan fingerprint density at radius 2 is 2.44 bits per heavy atom. The highest BCUT2D eigenvalue weighted by Crippen LogP contribution is 1.90. The summed E-state index contributed by atoms with van der Waals surface area (Å²) in [6, 6.07) is 0. The molecule has 1 radical (unpaired) electrons. The summed E-state index contributed by atoms with van der Waals surface area (Å²) in [7, 11) is 0. The zero-order valence-electron chi connectivity index (χ0n) is 4.42. The number of hydrogen-bond acceptors (Lipinski definition) is 3. The molecule has 0 bridgehead atoms. The van der Waals surface area contributed by atoms with Crippen LogP contribution in [0, 0.1) is 6.42 Å². The summed E-state index contributed by atoms with van der Waals surface area (Å²) in [5.74, 6) is -0.369. The molecule has 9 heavy (non-hydrogen) atoms. The number of rotatable bonds is 0. The average molecular weight is 145 g/mol. The average Bonchev–Trinajstić information content (AvgIpc) is 1.59. The Bertz CT molecular complexity index is 143. The molecule has 0 aromatic carbocycles. The van der Waals surface area contributed by atoms with E-state index in [4.69, 9.17) is 5.11 Å². The number of carbonyl (C=O) groups is 1. The minimum Gasteiger partial charge on any atom is -0.373 e. The minimum absolute atomic E-state index is 0.162. The predicted octanol–water partition coefficient (Wildman–Crippen LogP) is -1.49. The van der Waals surface area contributed by atoms with Gasteiger partial charge in [-0.2, -0.15) is 0 Å². The van der Waals surface area contributed by atoms with E-state index in [1.807, 2.05) is 0 Å². The topological polar surface area (TPSA) is 61.4 Å². The lowest BCUT2D eigenvalue weighted by atomic mass is 10.3. The van der Waals surface area contributed by atoms with Gasteiger partial charge < -0.3 is 15.7 Å². The highest BCUT2D eigenvalue weighted by molar-refractivity contribution is 7.80. The lowest BCUT2D eigenvalue weighted by Gasteiger charge is -2.19. The molecule has 0 spiro atoms. The Morgan fingerprint density at radius 1 is 1.78 bits per heavy atom. The monoisotopic (exact) mass is 145 g/mol. The van der Waals surface area contributed by atoms with E-state index in [9.17, 15) is 4.79 Å². The van der Waals surface area contributed by atoms with Gasteiger partial charge in [-0.25, -0.2) is 0 Å². The lowest BCUT2D eigenvalue weighted by Crippen LogP contribution is -2.52. The van der Waals surface area contributed by atoms with Gasteiger partial charge in [-0.15, -0.1) is 0 Å². The van der Waals surface area contributed by atoms with E-state index >= 15 is 0 Å². The van der Waals surface area contributed by atoms with E-state index in [-0.39, 0.29) is 11.0 Å².